The summed E-state index contributed by atoms with van der Waals surface area (Å²) < 4.78 is 5.64. The number of ether oxygens (including phenoxy) is 1. The molecule has 2 saturated heterocycles. The van der Waals surface area contributed by atoms with Gasteiger partial charge in [-0.05, 0) is 33.1 Å². The molecule has 2 heterocycles. The van der Waals surface area contributed by atoms with E-state index in [0.29, 0.717) is 6.04 Å². The fraction of sp³-hybridized carbons (Fsp3) is 0.909. The number of hydrogen-bond donors (Lipinski definition) is 1. The molecule has 2 rings (SSSR count). The van der Waals surface area contributed by atoms with E-state index >= 15 is 0 Å². The van der Waals surface area contributed by atoms with Gasteiger partial charge in [0.1, 0.15) is 6.04 Å². The van der Waals surface area contributed by atoms with E-state index in [4.69, 9.17) is 9.84 Å². The number of aliphatic carboxylic acids is 1. The third-order valence-electron chi connectivity index (χ3n) is 3.49. The summed E-state index contributed by atoms with van der Waals surface area (Å²) in [7, 11) is 0. The van der Waals surface area contributed by atoms with E-state index in [0.717, 1.165) is 32.4 Å². The van der Waals surface area contributed by atoms with E-state index in [-0.39, 0.29) is 30.5 Å². The van der Waals surface area contributed by atoms with Crippen molar-refractivity contribution in [2.24, 2.45) is 0 Å². The van der Waals surface area contributed by atoms with Crippen molar-refractivity contribution < 1.29 is 14.6 Å². The molecule has 0 saturated carbocycles. The molecule has 2 aliphatic rings. The first kappa shape index (κ1) is 14.0. The summed E-state index contributed by atoms with van der Waals surface area (Å²) >= 11 is 0. The first-order chi connectivity index (χ1) is 6.99. The van der Waals surface area contributed by atoms with Crippen molar-refractivity contribution in [1.82, 2.24) is 4.90 Å². The van der Waals surface area contributed by atoms with Gasteiger partial charge in [0.05, 0.1) is 5.60 Å². The Morgan fingerprint density at radius 1 is 1.44 bits per heavy atom. The summed E-state index contributed by atoms with van der Waals surface area (Å²) in [5.74, 6) is -0.675. The second-order valence-electron chi connectivity index (χ2n) is 5.14. The van der Waals surface area contributed by atoms with Gasteiger partial charge in [0.2, 0.25) is 0 Å². The van der Waals surface area contributed by atoms with Crippen LogP contribution in [0.4, 0.5) is 0 Å². The van der Waals surface area contributed by atoms with Crippen molar-refractivity contribution >= 4 is 24.8 Å². The molecule has 5 heteroatoms. The Labute approximate surface area is 109 Å². The average molecular weight is 221 g/mol. The summed E-state index contributed by atoms with van der Waals surface area (Å²) in [5, 5.41) is 8.99. The van der Waals surface area contributed by atoms with E-state index in [1.165, 1.54) is 0 Å². The molecule has 0 bridgehead atoms. The summed E-state index contributed by atoms with van der Waals surface area (Å²) in [4.78, 5) is 13.0. The van der Waals surface area contributed by atoms with Crippen LogP contribution >= 0.6 is 0 Å². The molecule has 0 spiro atoms. The van der Waals surface area contributed by atoms with Crippen molar-refractivity contribution in [2.75, 3.05) is 13.2 Å². The fourth-order valence-electron chi connectivity index (χ4n) is 2.59. The molecule has 2 atom stereocenters. The molecule has 2 fully saturated rings. The van der Waals surface area contributed by atoms with Gasteiger partial charge in [-0.15, -0.1) is 0 Å². The van der Waals surface area contributed by atoms with Gasteiger partial charge in [0, 0.05) is 19.2 Å². The molecular formula is C11H20LiNO3. The van der Waals surface area contributed by atoms with Crippen molar-refractivity contribution in [3.8, 4) is 0 Å². The third kappa shape index (κ3) is 2.81. The first-order valence-corrected chi connectivity index (χ1v) is 5.62. The zero-order valence-electron chi connectivity index (χ0n) is 9.40. The minimum absolute atomic E-state index is 0. The average Bonchev–Trinajstić information content (AvgIpc) is 1.97. The van der Waals surface area contributed by atoms with Crippen LogP contribution in [0.3, 0.4) is 0 Å². The summed E-state index contributed by atoms with van der Waals surface area (Å²) in [6.07, 6.45) is 2.71. The topological polar surface area (TPSA) is 49.8 Å². The Hall–Kier alpha value is -0.0126. The number of rotatable bonds is 2. The van der Waals surface area contributed by atoms with Crippen LogP contribution in [0.5, 0.6) is 0 Å². The SMILES string of the molecule is CC1(C)CC(N2CCC2C(=O)O)CCO1.[LiH]. The van der Waals surface area contributed by atoms with Gasteiger partial charge in [-0.2, -0.15) is 0 Å². The van der Waals surface area contributed by atoms with Crippen LogP contribution in [0.15, 0.2) is 0 Å². The van der Waals surface area contributed by atoms with Crippen molar-refractivity contribution in [3.63, 3.8) is 0 Å². The van der Waals surface area contributed by atoms with Gasteiger partial charge in [0.15, 0.2) is 0 Å². The molecule has 1 N–H and O–H groups in total. The molecule has 0 radical (unpaired) electrons. The van der Waals surface area contributed by atoms with Crippen LogP contribution in [0.25, 0.3) is 0 Å². The molecule has 2 unspecified atom stereocenters. The van der Waals surface area contributed by atoms with Gasteiger partial charge < -0.3 is 9.84 Å². The zero-order valence-corrected chi connectivity index (χ0v) is 9.40. The van der Waals surface area contributed by atoms with E-state index in [1.807, 2.05) is 0 Å². The van der Waals surface area contributed by atoms with Crippen molar-refractivity contribution in [3.05, 3.63) is 0 Å². The van der Waals surface area contributed by atoms with Crippen LogP contribution in [0, 0.1) is 0 Å². The number of likely N-dealkylation sites (tertiary alicyclic amines) is 1. The van der Waals surface area contributed by atoms with Gasteiger partial charge in [-0.1, -0.05) is 0 Å². The number of carboxylic acid groups (broad SMARTS) is 1. The van der Waals surface area contributed by atoms with Crippen LogP contribution < -0.4 is 0 Å². The van der Waals surface area contributed by atoms with E-state index in [1.54, 1.807) is 0 Å². The molecular weight excluding hydrogens is 201 g/mol. The number of nitrogens with zero attached hydrogens (tertiary/aromatic N) is 1. The van der Waals surface area contributed by atoms with Crippen molar-refractivity contribution in [2.45, 2.75) is 50.8 Å². The Morgan fingerprint density at radius 2 is 2.12 bits per heavy atom. The van der Waals surface area contributed by atoms with Gasteiger partial charge >= 0.3 is 24.8 Å². The van der Waals surface area contributed by atoms with Crippen molar-refractivity contribution in [1.29, 1.82) is 0 Å². The molecule has 0 aromatic rings. The van der Waals surface area contributed by atoms with Gasteiger partial charge in [0.25, 0.3) is 0 Å². The van der Waals surface area contributed by atoms with Gasteiger partial charge in [-0.25, -0.2) is 0 Å². The number of carboxylic acids is 1. The standard InChI is InChI=1S/C11H19NO3.Li.H/c1-11(2)7-8(4-6-15-11)12-5-3-9(12)10(13)14;;/h8-9H,3-7H2,1-2H3,(H,13,14);;. The molecule has 0 amide bonds. The maximum absolute atomic E-state index is 10.9. The number of hydrogen-bond acceptors (Lipinski definition) is 3. The predicted octanol–water partition coefficient (Wildman–Crippen LogP) is 0.454. The summed E-state index contributed by atoms with van der Waals surface area (Å²) in [5.41, 5.74) is -0.0957. The molecule has 2 aliphatic heterocycles. The maximum atomic E-state index is 10.9. The Balaban J connectivity index is 0.00000128. The predicted molar refractivity (Wildman–Crippen MR) is 62.9 cm³/mol. The molecule has 0 aliphatic carbocycles. The van der Waals surface area contributed by atoms with E-state index in [9.17, 15) is 4.79 Å². The Morgan fingerprint density at radius 3 is 2.56 bits per heavy atom. The molecule has 4 nitrogen and oxygen atoms in total. The minimum atomic E-state index is -0.675. The normalized spacial score (nSPS) is 33.6. The monoisotopic (exact) mass is 221 g/mol. The second-order valence-corrected chi connectivity index (χ2v) is 5.14. The van der Waals surface area contributed by atoms with E-state index < -0.39 is 5.97 Å². The second kappa shape index (κ2) is 5.10. The summed E-state index contributed by atoms with van der Waals surface area (Å²) in [6, 6.07) is 0.146. The fourth-order valence-corrected chi connectivity index (χ4v) is 2.59. The van der Waals surface area contributed by atoms with Gasteiger partial charge in [-0.3, -0.25) is 9.69 Å². The number of carbonyl (C=O) groups is 1. The molecule has 0 aromatic carbocycles. The van der Waals surface area contributed by atoms with E-state index in [2.05, 4.69) is 18.7 Å². The van der Waals surface area contributed by atoms with Crippen LogP contribution in [0.2, 0.25) is 0 Å². The van der Waals surface area contributed by atoms with Crippen LogP contribution in [-0.4, -0.2) is 65.7 Å². The molecule has 16 heavy (non-hydrogen) atoms. The zero-order chi connectivity index (χ0) is 11.1. The first-order valence-electron chi connectivity index (χ1n) is 5.62. The third-order valence-corrected chi connectivity index (χ3v) is 3.49. The van der Waals surface area contributed by atoms with Crippen LogP contribution in [-0.2, 0) is 9.53 Å². The molecule has 88 valence electrons. The quantitative estimate of drug-likeness (QED) is 0.688. The Bertz CT molecular complexity index is 270. The Kier molecular flexibility index (Phi) is 4.47. The summed E-state index contributed by atoms with van der Waals surface area (Å²) in [6.45, 7) is 5.83. The molecule has 0 aromatic heterocycles. The van der Waals surface area contributed by atoms with Crippen LogP contribution in [0.1, 0.15) is 33.1 Å².